The van der Waals surface area contributed by atoms with Crippen LogP contribution in [0, 0.1) is 13.8 Å². The summed E-state index contributed by atoms with van der Waals surface area (Å²) in [4.78, 5) is 14.1. The monoisotopic (exact) mass is 412 g/mol. The number of benzene rings is 1. The molecular weight excluding hydrogens is 376 g/mol. The summed E-state index contributed by atoms with van der Waals surface area (Å²) in [7, 11) is 0. The maximum absolute atomic E-state index is 10.3. The number of β-amino-alcohol motifs (C(OH)–C–C–N with tert-alkyl or cyclic N) is 1. The molecule has 164 valence electrons. The lowest BCUT2D eigenvalue weighted by molar-refractivity contribution is -0.0563. The Kier molecular flexibility index (Phi) is 7.45. The fourth-order valence-electron chi connectivity index (χ4n) is 3.83. The maximum atomic E-state index is 10.3. The first kappa shape index (κ1) is 22.7. The Labute approximate surface area is 180 Å². The molecule has 1 saturated heterocycles. The minimum atomic E-state index is -0.465. The van der Waals surface area contributed by atoms with E-state index in [-0.39, 0.29) is 5.60 Å². The molecule has 1 unspecified atom stereocenters. The molecule has 0 bridgehead atoms. The standard InChI is InChI=1S/C24H36N4O2/c1-18-22(15-20-9-7-6-8-10-20)23(26-19(2)25-18)28-13-11-27(12-14-28)16-21(29)17-30-24(3,4)5/h6-10,21,29H,11-17H2,1-5H3. The van der Waals surface area contributed by atoms with Gasteiger partial charge in [0.15, 0.2) is 0 Å². The van der Waals surface area contributed by atoms with Gasteiger partial charge in [0, 0.05) is 50.4 Å². The van der Waals surface area contributed by atoms with Crippen LogP contribution >= 0.6 is 0 Å². The SMILES string of the molecule is Cc1nc(C)c(Cc2ccccc2)c(N2CCN(CC(O)COC(C)(C)C)CC2)n1. The van der Waals surface area contributed by atoms with Gasteiger partial charge in [0.05, 0.1) is 18.3 Å². The van der Waals surface area contributed by atoms with Gasteiger partial charge in [0.25, 0.3) is 0 Å². The van der Waals surface area contributed by atoms with Crippen molar-refractivity contribution in [3.63, 3.8) is 0 Å². The topological polar surface area (TPSA) is 61.7 Å². The zero-order valence-corrected chi connectivity index (χ0v) is 19.1. The van der Waals surface area contributed by atoms with Gasteiger partial charge >= 0.3 is 0 Å². The first-order valence-electron chi connectivity index (χ1n) is 10.9. The minimum Gasteiger partial charge on any atom is -0.389 e. The van der Waals surface area contributed by atoms with Gasteiger partial charge in [0.1, 0.15) is 11.6 Å². The molecule has 2 aromatic rings. The molecular formula is C24H36N4O2. The van der Waals surface area contributed by atoms with Crippen LogP contribution in [-0.2, 0) is 11.2 Å². The number of hydrogen-bond donors (Lipinski definition) is 1. The molecule has 1 atom stereocenters. The zero-order chi connectivity index (χ0) is 21.7. The second kappa shape index (κ2) is 9.86. The van der Waals surface area contributed by atoms with Crippen LogP contribution in [0.4, 0.5) is 5.82 Å². The van der Waals surface area contributed by atoms with Crippen molar-refractivity contribution in [1.29, 1.82) is 0 Å². The summed E-state index contributed by atoms with van der Waals surface area (Å²) in [5.74, 6) is 1.87. The summed E-state index contributed by atoms with van der Waals surface area (Å²) in [5.41, 5.74) is 3.31. The number of aromatic nitrogens is 2. The molecule has 1 aromatic carbocycles. The third kappa shape index (κ3) is 6.49. The second-order valence-electron chi connectivity index (χ2n) is 9.19. The lowest BCUT2D eigenvalue weighted by Gasteiger charge is -2.37. The highest BCUT2D eigenvalue weighted by molar-refractivity contribution is 5.51. The van der Waals surface area contributed by atoms with E-state index in [0.717, 1.165) is 49.9 Å². The summed E-state index contributed by atoms with van der Waals surface area (Å²) in [6.45, 7) is 14.7. The van der Waals surface area contributed by atoms with Crippen molar-refractivity contribution in [1.82, 2.24) is 14.9 Å². The summed E-state index contributed by atoms with van der Waals surface area (Å²) in [6.07, 6.45) is 0.374. The lowest BCUT2D eigenvalue weighted by atomic mass is 10.0. The van der Waals surface area contributed by atoms with Crippen molar-refractivity contribution in [3.05, 3.63) is 53.0 Å². The normalized spacial score (nSPS) is 16.7. The molecule has 0 amide bonds. The fraction of sp³-hybridized carbons (Fsp3) is 0.583. The Hall–Kier alpha value is -2.02. The quantitative estimate of drug-likeness (QED) is 0.754. The lowest BCUT2D eigenvalue weighted by Crippen LogP contribution is -2.50. The maximum Gasteiger partial charge on any atom is 0.136 e. The van der Waals surface area contributed by atoms with E-state index in [1.54, 1.807) is 0 Å². The summed E-state index contributed by atoms with van der Waals surface area (Å²) >= 11 is 0. The number of hydrogen-bond acceptors (Lipinski definition) is 6. The van der Waals surface area contributed by atoms with Crippen LogP contribution in [-0.4, -0.2) is 71.0 Å². The largest absolute Gasteiger partial charge is 0.389 e. The van der Waals surface area contributed by atoms with Gasteiger partial charge in [-0.3, -0.25) is 4.90 Å². The average molecular weight is 413 g/mol. The molecule has 0 aliphatic carbocycles. The Morgan fingerprint density at radius 3 is 2.33 bits per heavy atom. The summed E-state index contributed by atoms with van der Waals surface area (Å²) < 4.78 is 5.72. The van der Waals surface area contributed by atoms with E-state index < -0.39 is 6.10 Å². The van der Waals surface area contributed by atoms with Gasteiger partial charge in [-0.25, -0.2) is 9.97 Å². The van der Waals surface area contributed by atoms with Crippen molar-refractivity contribution >= 4 is 5.82 Å². The second-order valence-corrected chi connectivity index (χ2v) is 9.19. The van der Waals surface area contributed by atoms with Crippen molar-refractivity contribution in [2.24, 2.45) is 0 Å². The van der Waals surface area contributed by atoms with Crippen LogP contribution in [0.1, 0.15) is 43.4 Å². The van der Waals surface area contributed by atoms with E-state index in [9.17, 15) is 5.11 Å². The molecule has 1 aromatic heterocycles. The van der Waals surface area contributed by atoms with Crippen LogP contribution in [0.3, 0.4) is 0 Å². The Balaban J connectivity index is 1.64. The number of aliphatic hydroxyl groups is 1. The molecule has 3 rings (SSSR count). The minimum absolute atomic E-state index is 0.225. The highest BCUT2D eigenvalue weighted by Crippen LogP contribution is 2.25. The molecule has 1 aliphatic heterocycles. The van der Waals surface area contributed by atoms with E-state index in [1.165, 1.54) is 11.1 Å². The molecule has 0 spiro atoms. The van der Waals surface area contributed by atoms with Gasteiger partial charge in [-0.05, 0) is 40.2 Å². The summed E-state index contributed by atoms with van der Waals surface area (Å²) in [5, 5.41) is 10.3. The third-order valence-electron chi connectivity index (χ3n) is 5.38. The Morgan fingerprint density at radius 2 is 1.70 bits per heavy atom. The molecule has 0 saturated carbocycles. The van der Waals surface area contributed by atoms with E-state index >= 15 is 0 Å². The number of piperazine rings is 1. The molecule has 6 nitrogen and oxygen atoms in total. The van der Waals surface area contributed by atoms with Gasteiger partial charge in [-0.1, -0.05) is 30.3 Å². The van der Waals surface area contributed by atoms with E-state index in [2.05, 4.69) is 46.0 Å². The van der Waals surface area contributed by atoms with Crippen molar-refractivity contribution < 1.29 is 9.84 Å². The number of anilines is 1. The van der Waals surface area contributed by atoms with Gasteiger partial charge in [0.2, 0.25) is 0 Å². The first-order chi connectivity index (χ1) is 14.2. The molecule has 1 aliphatic rings. The van der Waals surface area contributed by atoms with E-state index in [4.69, 9.17) is 9.72 Å². The Bertz CT molecular complexity index is 812. The van der Waals surface area contributed by atoms with Crippen molar-refractivity contribution in [3.8, 4) is 0 Å². The molecule has 2 heterocycles. The predicted octanol–water partition coefficient (Wildman–Crippen LogP) is 2.98. The van der Waals surface area contributed by atoms with Crippen LogP contribution in [0.25, 0.3) is 0 Å². The number of rotatable bonds is 7. The fourth-order valence-corrected chi connectivity index (χ4v) is 3.83. The zero-order valence-electron chi connectivity index (χ0n) is 19.1. The van der Waals surface area contributed by atoms with Crippen molar-refractivity contribution in [2.75, 3.05) is 44.2 Å². The predicted molar refractivity (Wildman–Crippen MR) is 121 cm³/mol. The van der Waals surface area contributed by atoms with Crippen LogP contribution in [0.5, 0.6) is 0 Å². The third-order valence-corrected chi connectivity index (χ3v) is 5.38. The average Bonchev–Trinajstić information content (AvgIpc) is 2.69. The number of ether oxygens (including phenoxy) is 1. The first-order valence-corrected chi connectivity index (χ1v) is 10.9. The van der Waals surface area contributed by atoms with Gasteiger partial charge in [-0.2, -0.15) is 0 Å². The molecule has 1 N–H and O–H groups in total. The van der Waals surface area contributed by atoms with E-state index in [0.29, 0.717) is 13.2 Å². The summed E-state index contributed by atoms with van der Waals surface area (Å²) in [6, 6.07) is 10.5. The molecule has 30 heavy (non-hydrogen) atoms. The number of aryl methyl sites for hydroxylation is 2. The molecule has 6 heteroatoms. The van der Waals surface area contributed by atoms with Crippen LogP contribution in [0.2, 0.25) is 0 Å². The molecule has 1 fully saturated rings. The van der Waals surface area contributed by atoms with Crippen LogP contribution < -0.4 is 4.90 Å². The van der Waals surface area contributed by atoms with E-state index in [1.807, 2.05) is 33.8 Å². The smallest absolute Gasteiger partial charge is 0.136 e. The van der Waals surface area contributed by atoms with Crippen LogP contribution in [0.15, 0.2) is 30.3 Å². The van der Waals surface area contributed by atoms with Gasteiger partial charge < -0.3 is 14.7 Å². The Morgan fingerprint density at radius 1 is 1.03 bits per heavy atom. The van der Waals surface area contributed by atoms with Gasteiger partial charge in [-0.15, -0.1) is 0 Å². The molecule has 0 radical (unpaired) electrons. The highest BCUT2D eigenvalue weighted by Gasteiger charge is 2.24. The highest BCUT2D eigenvalue weighted by atomic mass is 16.5. The number of nitrogens with zero attached hydrogens (tertiary/aromatic N) is 4. The van der Waals surface area contributed by atoms with Crippen molar-refractivity contribution in [2.45, 2.75) is 52.7 Å². The number of aliphatic hydroxyl groups excluding tert-OH is 1.